The molecule has 1 saturated carbocycles. The number of fused-ring (bicyclic) bond motifs is 5. The zero-order valence-corrected chi connectivity index (χ0v) is 33.9. The van der Waals surface area contributed by atoms with E-state index in [1.54, 1.807) is 0 Å². The highest BCUT2D eigenvalue weighted by Crippen LogP contribution is 2.50. The Labute approximate surface area is 337 Å². The number of aromatic nitrogens is 4. The normalized spacial score (nSPS) is 21.2. The number of hydrogen-bond donors (Lipinski definition) is 4. The number of amides is 4. The number of carbonyl (C=O) groups is 4. The highest BCUT2D eigenvalue weighted by atomic mass is 16.5. The summed E-state index contributed by atoms with van der Waals surface area (Å²) < 4.78 is 9.61. The van der Waals surface area contributed by atoms with Crippen LogP contribution in [0.5, 0.6) is 0 Å². The number of alkyl carbamates (subject to hydrolysis) is 2. The van der Waals surface area contributed by atoms with Crippen molar-refractivity contribution in [2.75, 3.05) is 20.8 Å². The second kappa shape index (κ2) is 15.8. The van der Waals surface area contributed by atoms with Crippen molar-refractivity contribution in [3.63, 3.8) is 0 Å². The lowest BCUT2D eigenvalue weighted by Gasteiger charge is -2.37. The van der Waals surface area contributed by atoms with Crippen LogP contribution in [-0.4, -0.2) is 92.6 Å². The number of nitrogens with zero attached hydrogens (tertiary/aromatic N) is 4. The Morgan fingerprint density at radius 2 is 1.45 bits per heavy atom. The van der Waals surface area contributed by atoms with Crippen LogP contribution in [0, 0.1) is 17.8 Å². The molecule has 3 aliphatic rings. The standard InChI is InChI=1S/C44H52N8O6/c1-23(2)35(49-43(55)57-5)41(53)51-19-7-8-34(51)39-45-22-33(47-39)26-11-9-25(10-12-26)27-14-17-31-28(20-27)15-18-32-37(31)48-40(46-32)38-29-13-16-30(21-29)52(38)42(54)36(24(3)4)50-44(56)58-6/h9-12,14-15,17-18,20,22-24,29-30,34-36,38H,7-8,13,16,19,21H2,1-6H3,(H,45,47)(H,46,48)(H,49,55)(H,50,56)/t29-,30+,34-,35-,36-,38-/m0/s1. The summed E-state index contributed by atoms with van der Waals surface area (Å²) in [7, 11) is 2.60. The predicted octanol–water partition coefficient (Wildman–Crippen LogP) is 7.25. The van der Waals surface area contributed by atoms with Gasteiger partial charge in [-0.25, -0.2) is 19.6 Å². The van der Waals surface area contributed by atoms with Crippen molar-refractivity contribution < 1.29 is 28.7 Å². The molecule has 4 N–H and O–H groups in total. The van der Waals surface area contributed by atoms with E-state index in [0.717, 1.165) is 87.9 Å². The van der Waals surface area contributed by atoms with Crippen LogP contribution in [0.15, 0.2) is 60.8 Å². The molecule has 14 heteroatoms. The lowest BCUT2D eigenvalue weighted by molar-refractivity contribution is -0.139. The monoisotopic (exact) mass is 788 g/mol. The third-order valence-corrected chi connectivity index (χ3v) is 12.4. The predicted molar refractivity (Wildman–Crippen MR) is 219 cm³/mol. The van der Waals surface area contributed by atoms with Gasteiger partial charge in [-0.2, -0.15) is 0 Å². The van der Waals surface area contributed by atoms with Crippen LogP contribution in [0.1, 0.15) is 83.5 Å². The minimum atomic E-state index is -0.690. The first-order valence-electron chi connectivity index (χ1n) is 20.3. The topological polar surface area (TPSA) is 175 Å². The quantitative estimate of drug-likeness (QED) is 0.115. The van der Waals surface area contributed by atoms with Gasteiger partial charge in [0.2, 0.25) is 11.8 Å². The fraction of sp³-hybridized carbons (Fsp3) is 0.455. The number of hydrogen-bond acceptors (Lipinski definition) is 8. The van der Waals surface area contributed by atoms with E-state index >= 15 is 0 Å². The molecule has 58 heavy (non-hydrogen) atoms. The molecule has 304 valence electrons. The first-order valence-corrected chi connectivity index (χ1v) is 20.3. The molecule has 3 aromatic carbocycles. The molecule has 4 amide bonds. The first kappa shape index (κ1) is 38.9. The Hall–Kier alpha value is -5.92. The fourth-order valence-electron chi connectivity index (χ4n) is 9.35. The van der Waals surface area contributed by atoms with E-state index in [1.165, 1.54) is 14.2 Å². The fourth-order valence-corrected chi connectivity index (χ4v) is 9.35. The molecule has 2 aromatic heterocycles. The molecule has 1 aliphatic carbocycles. The number of H-pyrrole nitrogens is 2. The molecule has 0 radical (unpaired) electrons. The van der Waals surface area contributed by atoms with Crippen molar-refractivity contribution >= 4 is 45.8 Å². The molecule has 3 fully saturated rings. The maximum Gasteiger partial charge on any atom is 0.407 e. The third-order valence-electron chi connectivity index (χ3n) is 12.4. The van der Waals surface area contributed by atoms with E-state index in [2.05, 4.69) is 75.2 Å². The van der Waals surface area contributed by atoms with Gasteiger partial charge in [-0.1, -0.05) is 70.2 Å². The Morgan fingerprint density at radius 3 is 2.14 bits per heavy atom. The SMILES string of the molecule is COC(=O)N[C@H](C(=O)N1CCC[C@H]1c1ncc(-c2ccc(-c3ccc4c(ccc5[nH]c([C@@H]6[C@H]7CC[C@H](C7)N6C(=O)[C@@H](NC(=O)OC)C(C)C)nc54)c3)cc2)[nH]1)C(C)C. The van der Waals surface area contributed by atoms with Gasteiger partial charge in [0.15, 0.2) is 0 Å². The second-order valence-electron chi connectivity index (χ2n) is 16.6. The lowest BCUT2D eigenvalue weighted by atomic mass is 9.95. The minimum absolute atomic E-state index is 0.0925. The first-order chi connectivity index (χ1) is 27.9. The minimum Gasteiger partial charge on any atom is -0.453 e. The molecule has 8 rings (SSSR count). The molecule has 14 nitrogen and oxygen atoms in total. The van der Waals surface area contributed by atoms with Crippen LogP contribution in [0.3, 0.4) is 0 Å². The number of methoxy groups -OCH3 is 2. The van der Waals surface area contributed by atoms with Gasteiger partial charge in [0.05, 0.1) is 49.2 Å². The summed E-state index contributed by atoms with van der Waals surface area (Å²) in [5.74, 6) is 1.37. The Morgan fingerprint density at radius 1 is 0.776 bits per heavy atom. The summed E-state index contributed by atoms with van der Waals surface area (Å²) in [6.07, 6.45) is 5.12. The lowest BCUT2D eigenvalue weighted by Crippen LogP contribution is -2.54. The Bertz CT molecular complexity index is 2350. The van der Waals surface area contributed by atoms with Crippen molar-refractivity contribution in [1.82, 2.24) is 40.4 Å². The summed E-state index contributed by atoms with van der Waals surface area (Å²) in [4.78, 5) is 72.5. The zero-order chi connectivity index (χ0) is 40.8. The van der Waals surface area contributed by atoms with Crippen molar-refractivity contribution in [1.29, 1.82) is 0 Å². The summed E-state index contributed by atoms with van der Waals surface area (Å²) in [5, 5.41) is 7.56. The summed E-state index contributed by atoms with van der Waals surface area (Å²) in [5.41, 5.74) is 5.77. The Balaban J connectivity index is 1.00. The number of piperidine rings is 1. The number of likely N-dealkylation sites (tertiary alicyclic amines) is 2. The van der Waals surface area contributed by atoms with Crippen LogP contribution in [0.2, 0.25) is 0 Å². The van der Waals surface area contributed by atoms with E-state index in [-0.39, 0.29) is 41.8 Å². The number of imidazole rings is 2. The van der Waals surface area contributed by atoms with Crippen LogP contribution in [0.25, 0.3) is 44.2 Å². The average Bonchev–Trinajstić information content (AvgIpc) is 4.09. The van der Waals surface area contributed by atoms with Gasteiger partial charge in [-0.3, -0.25) is 9.59 Å². The number of rotatable bonds is 10. The number of ether oxygens (including phenoxy) is 2. The molecule has 2 bridgehead atoms. The van der Waals surface area contributed by atoms with E-state index in [1.807, 2.05) is 43.7 Å². The van der Waals surface area contributed by atoms with Crippen molar-refractivity contribution in [2.45, 2.75) is 90.0 Å². The molecule has 0 unspecified atom stereocenters. The van der Waals surface area contributed by atoms with Gasteiger partial charge in [0.1, 0.15) is 23.7 Å². The molecule has 2 aliphatic heterocycles. The van der Waals surface area contributed by atoms with Crippen LogP contribution < -0.4 is 10.6 Å². The largest absolute Gasteiger partial charge is 0.453 e. The van der Waals surface area contributed by atoms with Crippen molar-refractivity contribution in [2.24, 2.45) is 17.8 Å². The van der Waals surface area contributed by atoms with Gasteiger partial charge in [0, 0.05) is 18.0 Å². The van der Waals surface area contributed by atoms with Gasteiger partial charge in [-0.15, -0.1) is 0 Å². The number of carbonyl (C=O) groups excluding carboxylic acids is 4. The van der Waals surface area contributed by atoms with E-state index in [9.17, 15) is 19.2 Å². The van der Waals surface area contributed by atoms with Crippen LogP contribution >= 0.6 is 0 Å². The summed E-state index contributed by atoms with van der Waals surface area (Å²) >= 11 is 0. The molecule has 4 heterocycles. The number of benzene rings is 3. The smallest absolute Gasteiger partial charge is 0.407 e. The highest BCUT2D eigenvalue weighted by Gasteiger charge is 2.51. The second-order valence-corrected chi connectivity index (χ2v) is 16.6. The van der Waals surface area contributed by atoms with E-state index < -0.39 is 24.3 Å². The van der Waals surface area contributed by atoms with Crippen LogP contribution in [0.4, 0.5) is 9.59 Å². The zero-order valence-electron chi connectivity index (χ0n) is 33.9. The van der Waals surface area contributed by atoms with Gasteiger partial charge < -0.3 is 39.9 Å². The molecule has 0 spiro atoms. The number of nitrogens with one attached hydrogen (secondary N) is 4. The van der Waals surface area contributed by atoms with Gasteiger partial charge >= 0.3 is 12.2 Å². The maximum atomic E-state index is 14.1. The van der Waals surface area contributed by atoms with E-state index in [0.29, 0.717) is 12.5 Å². The van der Waals surface area contributed by atoms with Crippen molar-refractivity contribution in [3.05, 3.63) is 72.4 Å². The van der Waals surface area contributed by atoms with Gasteiger partial charge in [0.25, 0.3) is 0 Å². The van der Waals surface area contributed by atoms with Crippen LogP contribution in [-0.2, 0) is 19.1 Å². The van der Waals surface area contributed by atoms with Gasteiger partial charge in [-0.05, 0) is 84.1 Å². The summed E-state index contributed by atoms with van der Waals surface area (Å²) in [6.45, 7) is 8.26. The molecule has 6 atom stereocenters. The highest BCUT2D eigenvalue weighted by molar-refractivity contribution is 6.05. The van der Waals surface area contributed by atoms with Crippen molar-refractivity contribution in [3.8, 4) is 22.4 Å². The molecule has 5 aromatic rings. The average molecular weight is 789 g/mol. The molecular weight excluding hydrogens is 737 g/mol. The Kier molecular flexibility index (Phi) is 10.6. The summed E-state index contributed by atoms with van der Waals surface area (Å²) in [6, 6.07) is 17.2. The molecular formula is C44H52N8O6. The van der Waals surface area contributed by atoms with E-state index in [4.69, 9.17) is 19.4 Å². The maximum absolute atomic E-state index is 14.1. The number of aromatic amines is 2. The molecule has 2 saturated heterocycles. The third kappa shape index (κ3) is 7.13.